The van der Waals surface area contributed by atoms with Gasteiger partial charge in [0, 0.05) is 56.7 Å². The summed E-state index contributed by atoms with van der Waals surface area (Å²) in [6.07, 6.45) is 3.59. The van der Waals surface area contributed by atoms with E-state index in [1.165, 1.54) is 17.7 Å². The number of hydrogen-bond donors (Lipinski definition) is 1. The summed E-state index contributed by atoms with van der Waals surface area (Å²) in [6.45, 7) is 3.31. The Morgan fingerprint density at radius 3 is 2.75 bits per heavy atom. The molecule has 1 aromatic carbocycles. The molecule has 1 saturated heterocycles. The van der Waals surface area contributed by atoms with E-state index in [1.807, 2.05) is 12.1 Å². The number of rotatable bonds is 4. The fourth-order valence-electron chi connectivity index (χ4n) is 2.85. The van der Waals surface area contributed by atoms with Crippen LogP contribution in [0.5, 0.6) is 0 Å². The monoisotopic (exact) mass is 368 g/mol. The Balaban J connectivity index is 0.00000208. The van der Waals surface area contributed by atoms with Crippen molar-refractivity contribution in [3.8, 4) is 0 Å². The number of aromatic nitrogens is 1. The number of pyridine rings is 1. The van der Waals surface area contributed by atoms with Gasteiger partial charge in [-0.05, 0) is 29.3 Å². The van der Waals surface area contributed by atoms with Gasteiger partial charge in [0.2, 0.25) is 0 Å². The number of nitro benzene ring substituents is 1. The summed E-state index contributed by atoms with van der Waals surface area (Å²) < 4.78 is 0. The van der Waals surface area contributed by atoms with E-state index in [4.69, 9.17) is 11.6 Å². The van der Waals surface area contributed by atoms with E-state index in [2.05, 4.69) is 15.2 Å². The van der Waals surface area contributed by atoms with Gasteiger partial charge in [0.05, 0.1) is 9.95 Å². The fourth-order valence-corrected chi connectivity index (χ4v) is 3.08. The molecule has 3 rings (SSSR count). The third-order valence-electron chi connectivity index (χ3n) is 4.07. The summed E-state index contributed by atoms with van der Waals surface area (Å²) in [5, 5.41) is 14.7. The summed E-state index contributed by atoms with van der Waals surface area (Å²) in [7, 11) is 0. The van der Waals surface area contributed by atoms with Crippen molar-refractivity contribution < 1.29 is 4.92 Å². The van der Waals surface area contributed by atoms with Gasteiger partial charge in [0.15, 0.2) is 0 Å². The molecule has 1 aliphatic heterocycles. The highest BCUT2D eigenvalue weighted by atomic mass is 35.5. The maximum Gasteiger partial charge on any atom is 0.270 e. The van der Waals surface area contributed by atoms with Crippen LogP contribution in [0.3, 0.4) is 0 Å². The van der Waals surface area contributed by atoms with E-state index >= 15 is 0 Å². The quantitative estimate of drug-likeness (QED) is 0.662. The van der Waals surface area contributed by atoms with Crippen LogP contribution in [-0.2, 0) is 6.54 Å². The van der Waals surface area contributed by atoms with Crippen LogP contribution in [0.2, 0.25) is 5.02 Å². The normalized spacial score (nSPS) is 18.0. The van der Waals surface area contributed by atoms with Gasteiger partial charge in [0.25, 0.3) is 5.69 Å². The second-order valence-electron chi connectivity index (χ2n) is 5.50. The van der Waals surface area contributed by atoms with Crippen LogP contribution in [0.25, 0.3) is 0 Å². The van der Waals surface area contributed by atoms with Gasteiger partial charge in [0.1, 0.15) is 0 Å². The van der Waals surface area contributed by atoms with Gasteiger partial charge < -0.3 is 5.32 Å². The highest BCUT2D eigenvalue weighted by molar-refractivity contribution is 6.31. The number of nitrogens with one attached hydrogen (secondary N) is 1. The minimum atomic E-state index is -0.430. The van der Waals surface area contributed by atoms with E-state index in [0.717, 1.165) is 25.2 Å². The molecular weight excluding hydrogens is 351 g/mol. The van der Waals surface area contributed by atoms with Crippen LogP contribution in [-0.4, -0.2) is 34.4 Å². The Morgan fingerprint density at radius 1 is 1.33 bits per heavy atom. The van der Waals surface area contributed by atoms with Gasteiger partial charge in [-0.3, -0.25) is 20.0 Å². The highest BCUT2D eigenvalue weighted by Gasteiger charge is 2.24. The van der Waals surface area contributed by atoms with Crippen molar-refractivity contribution in [1.82, 2.24) is 15.2 Å². The summed E-state index contributed by atoms with van der Waals surface area (Å²) in [5.74, 6) is 0. The SMILES string of the molecule is Cl.O=[N+]([O-])c1ccc(CN2CCNCC2c2ccncc2)c(Cl)c1. The first kappa shape index (κ1) is 18.6. The molecule has 0 aliphatic carbocycles. The van der Waals surface area contributed by atoms with E-state index in [9.17, 15) is 10.1 Å². The second kappa shape index (κ2) is 8.39. The Bertz CT molecular complexity index is 700. The average Bonchev–Trinajstić information content (AvgIpc) is 2.58. The molecule has 128 valence electrons. The molecular formula is C16H18Cl2N4O2. The van der Waals surface area contributed by atoms with Crippen molar-refractivity contribution >= 4 is 29.7 Å². The summed E-state index contributed by atoms with van der Waals surface area (Å²) in [6, 6.07) is 8.93. The lowest BCUT2D eigenvalue weighted by atomic mass is 10.0. The zero-order valence-electron chi connectivity index (χ0n) is 12.9. The molecule has 0 amide bonds. The molecule has 1 aromatic heterocycles. The standard InChI is InChI=1S/C16H17ClN4O2.ClH/c17-15-9-14(21(22)23)2-1-13(15)11-20-8-7-19-10-16(20)12-3-5-18-6-4-12;/h1-6,9,16,19H,7-8,10-11H2;1H. The van der Waals surface area contributed by atoms with Gasteiger partial charge in [-0.15, -0.1) is 12.4 Å². The third-order valence-corrected chi connectivity index (χ3v) is 4.42. The van der Waals surface area contributed by atoms with Crippen LogP contribution in [0, 0.1) is 10.1 Å². The van der Waals surface area contributed by atoms with Crippen molar-refractivity contribution in [2.45, 2.75) is 12.6 Å². The van der Waals surface area contributed by atoms with Crippen LogP contribution in [0.4, 0.5) is 5.69 Å². The lowest BCUT2D eigenvalue weighted by molar-refractivity contribution is -0.384. The molecule has 8 heteroatoms. The lowest BCUT2D eigenvalue weighted by Crippen LogP contribution is -2.45. The van der Waals surface area contributed by atoms with Gasteiger partial charge in [-0.1, -0.05) is 11.6 Å². The Kier molecular flexibility index (Phi) is 6.51. The molecule has 1 N–H and O–H groups in total. The van der Waals surface area contributed by atoms with E-state index < -0.39 is 4.92 Å². The number of hydrogen-bond acceptors (Lipinski definition) is 5. The minimum Gasteiger partial charge on any atom is -0.314 e. The molecule has 1 fully saturated rings. The average molecular weight is 369 g/mol. The van der Waals surface area contributed by atoms with E-state index in [-0.39, 0.29) is 24.1 Å². The van der Waals surface area contributed by atoms with Gasteiger partial charge >= 0.3 is 0 Å². The molecule has 2 heterocycles. The van der Waals surface area contributed by atoms with Crippen LogP contribution < -0.4 is 5.32 Å². The lowest BCUT2D eigenvalue weighted by Gasteiger charge is -2.36. The number of non-ortho nitro benzene ring substituents is 1. The van der Waals surface area contributed by atoms with E-state index in [1.54, 1.807) is 18.5 Å². The van der Waals surface area contributed by atoms with Gasteiger partial charge in [-0.2, -0.15) is 0 Å². The van der Waals surface area contributed by atoms with Crippen molar-refractivity contribution in [3.63, 3.8) is 0 Å². The Labute approximate surface area is 151 Å². The zero-order chi connectivity index (χ0) is 16.2. The molecule has 1 aliphatic rings. The topological polar surface area (TPSA) is 71.3 Å². The summed E-state index contributed by atoms with van der Waals surface area (Å²) in [4.78, 5) is 16.8. The molecule has 0 saturated carbocycles. The maximum absolute atomic E-state index is 10.8. The number of piperazine rings is 1. The van der Waals surface area contributed by atoms with Crippen molar-refractivity contribution in [1.29, 1.82) is 0 Å². The summed E-state index contributed by atoms with van der Waals surface area (Å²) in [5.41, 5.74) is 2.12. The maximum atomic E-state index is 10.8. The smallest absolute Gasteiger partial charge is 0.270 e. The predicted molar refractivity (Wildman–Crippen MR) is 95.6 cm³/mol. The first-order valence-corrected chi connectivity index (χ1v) is 7.80. The molecule has 0 bridgehead atoms. The largest absolute Gasteiger partial charge is 0.314 e. The van der Waals surface area contributed by atoms with Crippen molar-refractivity contribution in [2.24, 2.45) is 0 Å². The summed E-state index contributed by atoms with van der Waals surface area (Å²) >= 11 is 6.23. The Morgan fingerprint density at radius 2 is 2.08 bits per heavy atom. The van der Waals surface area contributed by atoms with Crippen LogP contribution in [0.15, 0.2) is 42.7 Å². The Hall–Kier alpha value is -1.73. The van der Waals surface area contributed by atoms with Crippen molar-refractivity contribution in [2.75, 3.05) is 19.6 Å². The third kappa shape index (κ3) is 4.21. The van der Waals surface area contributed by atoms with Crippen LogP contribution in [0.1, 0.15) is 17.2 Å². The molecule has 1 atom stereocenters. The molecule has 2 aromatic rings. The van der Waals surface area contributed by atoms with Crippen molar-refractivity contribution in [3.05, 3.63) is 69.0 Å². The second-order valence-corrected chi connectivity index (χ2v) is 5.91. The number of benzene rings is 1. The predicted octanol–water partition coefficient (Wildman–Crippen LogP) is 3.21. The molecule has 0 spiro atoms. The molecule has 6 nitrogen and oxygen atoms in total. The molecule has 24 heavy (non-hydrogen) atoms. The minimum absolute atomic E-state index is 0. The first-order chi connectivity index (χ1) is 11.1. The number of nitro groups is 1. The van der Waals surface area contributed by atoms with Gasteiger partial charge in [-0.25, -0.2) is 0 Å². The highest BCUT2D eigenvalue weighted by Crippen LogP contribution is 2.28. The molecule has 1 unspecified atom stereocenters. The zero-order valence-corrected chi connectivity index (χ0v) is 14.5. The van der Waals surface area contributed by atoms with Crippen LogP contribution >= 0.6 is 24.0 Å². The first-order valence-electron chi connectivity index (χ1n) is 7.42. The number of nitrogens with zero attached hydrogens (tertiary/aromatic N) is 3. The fraction of sp³-hybridized carbons (Fsp3) is 0.312. The van der Waals surface area contributed by atoms with E-state index in [0.29, 0.717) is 11.6 Å². The number of halogens is 2. The molecule has 0 radical (unpaired) electrons.